The number of benzene rings is 2. The number of ether oxygens (including phenoxy) is 1. The number of carbonyl (C=O) groups is 3. The maximum atomic E-state index is 12.1. The predicted octanol–water partition coefficient (Wildman–Crippen LogP) is 3.58. The Labute approximate surface area is 163 Å². The summed E-state index contributed by atoms with van der Waals surface area (Å²) < 4.78 is 4.90. The number of carbonyl (C=O) groups excluding carboxylic acids is 3. The molecule has 27 heavy (non-hydrogen) atoms. The Hall–Kier alpha value is -2.60. The fraction of sp³-hybridized carbons (Fsp3) is 0.286. The molecular weight excluding hydrogens is 362 g/mol. The Bertz CT molecular complexity index is 795. The van der Waals surface area contributed by atoms with Gasteiger partial charge < -0.3 is 4.74 Å². The molecule has 0 saturated carbocycles. The highest BCUT2D eigenvalue weighted by Crippen LogP contribution is 2.22. The quantitative estimate of drug-likeness (QED) is 0.608. The fourth-order valence-corrected chi connectivity index (χ4v) is 2.92. The average molecular weight is 385 g/mol. The highest BCUT2D eigenvalue weighted by Gasteiger charge is 2.16. The summed E-state index contributed by atoms with van der Waals surface area (Å²) in [4.78, 5) is 36.5. The van der Waals surface area contributed by atoms with E-state index in [1.54, 1.807) is 12.1 Å². The molecule has 0 unspecified atom stereocenters. The van der Waals surface area contributed by atoms with Crippen LogP contribution >= 0.6 is 11.8 Å². The first-order valence-corrected chi connectivity index (χ1v) is 9.52. The smallest absolute Gasteiger partial charge is 0.316 e. The molecule has 5 nitrogen and oxygen atoms in total. The van der Waals surface area contributed by atoms with Crippen LogP contribution in [0.15, 0.2) is 59.5 Å². The lowest BCUT2D eigenvalue weighted by atomic mass is 9.87. The summed E-state index contributed by atoms with van der Waals surface area (Å²) >= 11 is 1.32. The SMILES string of the molecule is CC(C)(C)c1ccc(C(=O)NC(=O)COC(=O)CSc2ccccc2)cc1. The summed E-state index contributed by atoms with van der Waals surface area (Å²) in [6.07, 6.45) is 0. The zero-order valence-electron chi connectivity index (χ0n) is 15.7. The van der Waals surface area contributed by atoms with Gasteiger partial charge in [0, 0.05) is 10.5 Å². The first kappa shape index (κ1) is 20.7. The van der Waals surface area contributed by atoms with Crippen LogP contribution in [-0.4, -0.2) is 30.1 Å². The van der Waals surface area contributed by atoms with Crippen molar-refractivity contribution in [2.75, 3.05) is 12.4 Å². The lowest BCUT2D eigenvalue weighted by molar-refractivity contribution is -0.145. The third kappa shape index (κ3) is 6.90. The van der Waals surface area contributed by atoms with Gasteiger partial charge in [0.25, 0.3) is 11.8 Å². The number of rotatable bonds is 6. The van der Waals surface area contributed by atoms with E-state index in [0.29, 0.717) is 5.56 Å². The predicted molar refractivity (Wildman–Crippen MR) is 106 cm³/mol. The number of nitrogens with one attached hydrogen (secondary N) is 1. The molecule has 0 heterocycles. The monoisotopic (exact) mass is 385 g/mol. The molecule has 2 aromatic carbocycles. The maximum Gasteiger partial charge on any atom is 0.316 e. The second-order valence-corrected chi connectivity index (χ2v) is 8.02. The Morgan fingerprint density at radius 2 is 1.59 bits per heavy atom. The number of amides is 2. The normalized spacial score (nSPS) is 10.9. The molecule has 0 saturated heterocycles. The first-order valence-electron chi connectivity index (χ1n) is 8.54. The van der Waals surface area contributed by atoms with Crippen LogP contribution in [0.1, 0.15) is 36.7 Å². The Kier molecular flexibility index (Phi) is 7.19. The highest BCUT2D eigenvalue weighted by atomic mass is 32.2. The lowest BCUT2D eigenvalue weighted by Gasteiger charge is -2.18. The molecule has 2 aromatic rings. The fourth-order valence-electron chi connectivity index (χ4n) is 2.20. The highest BCUT2D eigenvalue weighted by molar-refractivity contribution is 8.00. The van der Waals surface area contributed by atoms with Crippen LogP contribution in [0, 0.1) is 0 Å². The van der Waals surface area contributed by atoms with E-state index in [2.05, 4.69) is 26.1 Å². The van der Waals surface area contributed by atoms with Crippen molar-refractivity contribution in [1.82, 2.24) is 5.32 Å². The van der Waals surface area contributed by atoms with Crippen LogP contribution < -0.4 is 5.32 Å². The van der Waals surface area contributed by atoms with Gasteiger partial charge in [-0.3, -0.25) is 19.7 Å². The topological polar surface area (TPSA) is 72.5 Å². The van der Waals surface area contributed by atoms with Gasteiger partial charge in [0.1, 0.15) is 0 Å². The number of hydrogen-bond acceptors (Lipinski definition) is 5. The van der Waals surface area contributed by atoms with Gasteiger partial charge >= 0.3 is 5.97 Å². The molecule has 0 bridgehead atoms. The standard InChI is InChI=1S/C21H23NO4S/c1-21(2,3)16-11-9-15(10-12-16)20(25)22-18(23)13-26-19(24)14-27-17-7-5-4-6-8-17/h4-12H,13-14H2,1-3H3,(H,22,23,25). The van der Waals surface area contributed by atoms with Gasteiger partial charge in [0.2, 0.25) is 0 Å². The Balaban J connectivity index is 1.76. The van der Waals surface area contributed by atoms with Crippen LogP contribution in [0.25, 0.3) is 0 Å². The van der Waals surface area contributed by atoms with Crippen molar-refractivity contribution < 1.29 is 19.1 Å². The van der Waals surface area contributed by atoms with Crippen molar-refractivity contribution in [1.29, 1.82) is 0 Å². The first-order chi connectivity index (χ1) is 12.8. The summed E-state index contributed by atoms with van der Waals surface area (Å²) in [5.74, 6) is -1.59. The second-order valence-electron chi connectivity index (χ2n) is 6.97. The molecule has 0 fully saturated rings. The average Bonchev–Trinajstić information content (AvgIpc) is 2.65. The van der Waals surface area contributed by atoms with Gasteiger partial charge in [-0.25, -0.2) is 0 Å². The van der Waals surface area contributed by atoms with E-state index < -0.39 is 24.4 Å². The molecule has 142 valence electrons. The van der Waals surface area contributed by atoms with Crippen LogP contribution in [0.4, 0.5) is 0 Å². The van der Waals surface area contributed by atoms with Crippen molar-refractivity contribution >= 4 is 29.5 Å². The van der Waals surface area contributed by atoms with Gasteiger partial charge in [0.05, 0.1) is 5.75 Å². The molecule has 0 atom stereocenters. The number of esters is 1. The van der Waals surface area contributed by atoms with E-state index in [-0.39, 0.29) is 11.2 Å². The van der Waals surface area contributed by atoms with Crippen LogP contribution in [0.5, 0.6) is 0 Å². The van der Waals surface area contributed by atoms with Gasteiger partial charge in [-0.15, -0.1) is 11.8 Å². The molecule has 6 heteroatoms. The van der Waals surface area contributed by atoms with Crippen molar-refractivity contribution in [3.63, 3.8) is 0 Å². The summed E-state index contributed by atoms with van der Waals surface area (Å²) in [5, 5.41) is 2.22. The minimum atomic E-state index is -0.655. The molecule has 0 radical (unpaired) electrons. The van der Waals surface area contributed by atoms with Crippen LogP contribution in [0.2, 0.25) is 0 Å². The number of hydrogen-bond donors (Lipinski definition) is 1. The van der Waals surface area contributed by atoms with Crippen molar-refractivity contribution in [2.24, 2.45) is 0 Å². The summed E-state index contributed by atoms with van der Waals surface area (Å²) in [7, 11) is 0. The molecule has 0 aliphatic carbocycles. The molecule has 2 amide bonds. The van der Waals surface area contributed by atoms with Crippen LogP contribution in [-0.2, 0) is 19.7 Å². The third-order valence-corrected chi connectivity index (χ3v) is 4.72. The van der Waals surface area contributed by atoms with E-state index in [1.807, 2.05) is 42.5 Å². The molecular formula is C21H23NO4S. The summed E-state index contributed by atoms with van der Waals surface area (Å²) in [6.45, 7) is 5.75. The van der Waals surface area contributed by atoms with E-state index in [0.717, 1.165) is 10.5 Å². The Morgan fingerprint density at radius 3 is 2.19 bits per heavy atom. The molecule has 0 aliphatic rings. The zero-order valence-corrected chi connectivity index (χ0v) is 16.5. The maximum absolute atomic E-state index is 12.1. The zero-order chi connectivity index (χ0) is 19.9. The third-order valence-electron chi connectivity index (χ3n) is 3.73. The van der Waals surface area contributed by atoms with E-state index in [9.17, 15) is 14.4 Å². The molecule has 2 rings (SSSR count). The largest absolute Gasteiger partial charge is 0.455 e. The number of imide groups is 1. The van der Waals surface area contributed by atoms with Crippen molar-refractivity contribution in [3.05, 3.63) is 65.7 Å². The van der Waals surface area contributed by atoms with E-state index in [1.165, 1.54) is 11.8 Å². The van der Waals surface area contributed by atoms with Gasteiger partial charge in [-0.05, 0) is 35.2 Å². The molecule has 1 N–H and O–H groups in total. The van der Waals surface area contributed by atoms with E-state index >= 15 is 0 Å². The van der Waals surface area contributed by atoms with Crippen molar-refractivity contribution in [3.8, 4) is 0 Å². The second kappa shape index (κ2) is 9.37. The van der Waals surface area contributed by atoms with Crippen molar-refractivity contribution in [2.45, 2.75) is 31.1 Å². The van der Waals surface area contributed by atoms with E-state index in [4.69, 9.17) is 4.74 Å². The molecule has 0 spiro atoms. The van der Waals surface area contributed by atoms with Gasteiger partial charge in [0.15, 0.2) is 6.61 Å². The molecule has 0 aliphatic heterocycles. The summed E-state index contributed by atoms with van der Waals surface area (Å²) in [5.41, 5.74) is 1.45. The van der Waals surface area contributed by atoms with Gasteiger partial charge in [-0.2, -0.15) is 0 Å². The lowest BCUT2D eigenvalue weighted by Crippen LogP contribution is -2.34. The number of thioether (sulfide) groups is 1. The van der Waals surface area contributed by atoms with Gasteiger partial charge in [-0.1, -0.05) is 51.1 Å². The molecule has 0 aromatic heterocycles. The minimum absolute atomic E-state index is 0.0171. The van der Waals surface area contributed by atoms with Crippen LogP contribution in [0.3, 0.4) is 0 Å². The summed E-state index contributed by atoms with van der Waals surface area (Å²) in [6, 6.07) is 16.5. The minimum Gasteiger partial charge on any atom is -0.455 e. The Morgan fingerprint density at radius 1 is 0.963 bits per heavy atom.